The number of aliphatic carboxylic acids is 1. The molecule has 44 heavy (non-hydrogen) atoms. The van der Waals surface area contributed by atoms with Gasteiger partial charge in [-0.2, -0.15) is 0 Å². The molecule has 8 nitrogen and oxygen atoms in total. The average molecular weight is 595 g/mol. The second kappa shape index (κ2) is 14.9. The molecule has 1 atom stereocenters. The van der Waals surface area contributed by atoms with E-state index in [-0.39, 0.29) is 37.4 Å². The maximum Gasteiger partial charge on any atom is 0.305 e. The predicted molar refractivity (Wildman–Crippen MR) is 170 cm³/mol. The van der Waals surface area contributed by atoms with Crippen LogP contribution < -0.4 is 14.8 Å². The van der Waals surface area contributed by atoms with E-state index in [4.69, 9.17) is 9.47 Å². The van der Waals surface area contributed by atoms with E-state index in [1.54, 1.807) is 49.5 Å². The lowest BCUT2D eigenvalue weighted by Crippen LogP contribution is -2.35. The van der Waals surface area contributed by atoms with Gasteiger partial charge in [0, 0.05) is 24.2 Å². The lowest BCUT2D eigenvalue weighted by Gasteiger charge is -2.24. The number of hydrogen-bond acceptors (Lipinski definition) is 5. The summed E-state index contributed by atoms with van der Waals surface area (Å²) in [6, 6.07) is 27.6. The molecule has 0 spiro atoms. The van der Waals surface area contributed by atoms with Crippen LogP contribution in [-0.4, -0.2) is 55.1 Å². The molecule has 8 heteroatoms. The van der Waals surface area contributed by atoms with Crippen molar-refractivity contribution in [3.63, 3.8) is 0 Å². The van der Waals surface area contributed by atoms with Crippen molar-refractivity contribution in [2.45, 2.75) is 32.7 Å². The van der Waals surface area contributed by atoms with E-state index in [1.165, 1.54) is 0 Å². The highest BCUT2D eigenvalue weighted by Gasteiger charge is 2.23. The number of ether oxygens (including phenoxy) is 2. The quantitative estimate of drug-likeness (QED) is 0.187. The molecule has 0 heterocycles. The van der Waals surface area contributed by atoms with Crippen LogP contribution in [0.3, 0.4) is 0 Å². The molecule has 0 aromatic heterocycles. The topological polar surface area (TPSA) is 105 Å². The highest BCUT2D eigenvalue weighted by atomic mass is 16.5. The molecule has 0 fully saturated rings. The van der Waals surface area contributed by atoms with Crippen molar-refractivity contribution in [2.75, 3.05) is 27.3 Å². The van der Waals surface area contributed by atoms with Crippen LogP contribution >= 0.6 is 0 Å². The lowest BCUT2D eigenvalue weighted by molar-refractivity contribution is -0.137. The first-order valence-corrected chi connectivity index (χ1v) is 14.5. The van der Waals surface area contributed by atoms with Crippen LogP contribution in [0.15, 0.2) is 91.0 Å². The Labute approximate surface area is 258 Å². The Hall–Kier alpha value is -5.11. The minimum atomic E-state index is -0.994. The minimum absolute atomic E-state index is 0.0337. The van der Waals surface area contributed by atoms with Crippen molar-refractivity contribution in [1.29, 1.82) is 0 Å². The number of benzene rings is 4. The number of carbonyl (C=O) groups is 3. The van der Waals surface area contributed by atoms with Crippen molar-refractivity contribution in [1.82, 2.24) is 10.2 Å². The molecule has 4 aromatic carbocycles. The third-order valence-electron chi connectivity index (χ3n) is 7.55. The number of carbonyl (C=O) groups excluding carboxylic acids is 2. The summed E-state index contributed by atoms with van der Waals surface area (Å²) in [5.41, 5.74) is 5.07. The molecule has 0 aliphatic carbocycles. The second-order valence-electron chi connectivity index (χ2n) is 10.6. The molecule has 4 aromatic rings. The molecule has 0 saturated carbocycles. The standard InChI is InChI=1S/C36H38N2O6/c1-24-13-16-27(17-14-24)25(2)37-35(41)30-11-7-5-9-28(30)29-10-6-8-12-31(29)36(42)38(22-20-34(39)40)21-19-26-15-18-32(43-3)33(23-26)44-4/h5-18,23,25H,19-22H2,1-4H3,(H,37,41)(H,39,40)/t25-/m1/s1. The van der Waals surface area contributed by atoms with Crippen molar-refractivity contribution in [2.24, 2.45) is 0 Å². The fourth-order valence-electron chi connectivity index (χ4n) is 5.05. The van der Waals surface area contributed by atoms with E-state index in [2.05, 4.69) is 5.32 Å². The zero-order chi connectivity index (χ0) is 31.6. The van der Waals surface area contributed by atoms with Gasteiger partial charge < -0.3 is 24.8 Å². The van der Waals surface area contributed by atoms with Crippen LogP contribution in [0.5, 0.6) is 11.5 Å². The van der Waals surface area contributed by atoms with Gasteiger partial charge in [-0.1, -0.05) is 72.3 Å². The van der Waals surface area contributed by atoms with Crippen LogP contribution in [0.25, 0.3) is 11.1 Å². The number of hydrogen-bond donors (Lipinski definition) is 2. The molecular weight excluding hydrogens is 556 g/mol. The molecule has 0 radical (unpaired) electrons. The fraction of sp³-hybridized carbons (Fsp3) is 0.250. The second-order valence-corrected chi connectivity index (χ2v) is 10.6. The van der Waals surface area contributed by atoms with Crippen LogP contribution in [0, 0.1) is 6.92 Å². The van der Waals surface area contributed by atoms with Crippen molar-refractivity contribution >= 4 is 17.8 Å². The minimum Gasteiger partial charge on any atom is -0.493 e. The average Bonchev–Trinajstić information content (AvgIpc) is 3.04. The summed E-state index contributed by atoms with van der Waals surface area (Å²) in [5, 5.41) is 12.5. The normalized spacial score (nSPS) is 11.4. The van der Waals surface area contributed by atoms with Gasteiger partial charge in [-0.25, -0.2) is 0 Å². The summed E-state index contributed by atoms with van der Waals surface area (Å²) in [5.74, 6) is -0.394. The smallest absolute Gasteiger partial charge is 0.305 e. The highest BCUT2D eigenvalue weighted by molar-refractivity contribution is 6.06. The number of rotatable bonds is 13. The Bertz CT molecular complexity index is 1620. The zero-order valence-corrected chi connectivity index (χ0v) is 25.5. The molecule has 2 amide bonds. The third-order valence-corrected chi connectivity index (χ3v) is 7.55. The van der Waals surface area contributed by atoms with E-state index in [1.807, 2.05) is 74.5 Å². The van der Waals surface area contributed by atoms with E-state index < -0.39 is 5.97 Å². The van der Waals surface area contributed by atoms with Gasteiger partial charge in [0.05, 0.1) is 26.7 Å². The largest absolute Gasteiger partial charge is 0.493 e. The molecule has 0 aliphatic rings. The van der Waals surface area contributed by atoms with Crippen molar-refractivity contribution in [3.8, 4) is 22.6 Å². The maximum absolute atomic E-state index is 14.1. The van der Waals surface area contributed by atoms with Gasteiger partial charge in [0.1, 0.15) is 0 Å². The molecule has 0 unspecified atom stereocenters. The Balaban J connectivity index is 1.62. The number of carboxylic acids is 1. The Morgan fingerprint density at radius 2 is 1.41 bits per heavy atom. The van der Waals surface area contributed by atoms with E-state index >= 15 is 0 Å². The van der Waals surface area contributed by atoms with Crippen LogP contribution in [0.4, 0.5) is 0 Å². The number of aryl methyl sites for hydroxylation is 1. The van der Waals surface area contributed by atoms with Crippen LogP contribution in [-0.2, 0) is 11.2 Å². The summed E-state index contributed by atoms with van der Waals surface area (Å²) in [6.07, 6.45) is 0.277. The first kappa shape index (κ1) is 31.8. The van der Waals surface area contributed by atoms with E-state index in [0.29, 0.717) is 40.2 Å². The number of methoxy groups -OCH3 is 2. The van der Waals surface area contributed by atoms with Crippen molar-refractivity contribution in [3.05, 3.63) is 119 Å². The number of amides is 2. The van der Waals surface area contributed by atoms with E-state index in [9.17, 15) is 19.5 Å². The highest BCUT2D eigenvalue weighted by Crippen LogP contribution is 2.30. The molecule has 0 saturated heterocycles. The molecule has 228 valence electrons. The number of carboxylic acid groups (broad SMARTS) is 1. The maximum atomic E-state index is 14.1. The summed E-state index contributed by atoms with van der Waals surface area (Å²) in [4.78, 5) is 40.6. The molecule has 4 rings (SSSR count). The molecule has 2 N–H and O–H groups in total. The van der Waals surface area contributed by atoms with E-state index in [0.717, 1.165) is 16.7 Å². The Kier molecular flexibility index (Phi) is 10.8. The SMILES string of the molecule is COc1ccc(CCN(CCC(=O)O)C(=O)c2ccccc2-c2ccccc2C(=O)N[C@H](C)c2ccc(C)cc2)cc1OC. The van der Waals surface area contributed by atoms with Gasteiger partial charge in [-0.15, -0.1) is 0 Å². The Morgan fingerprint density at radius 3 is 2.05 bits per heavy atom. The first-order valence-electron chi connectivity index (χ1n) is 14.5. The lowest BCUT2D eigenvalue weighted by atomic mass is 9.94. The number of nitrogens with zero attached hydrogens (tertiary/aromatic N) is 1. The summed E-state index contributed by atoms with van der Waals surface area (Å²) >= 11 is 0. The van der Waals surface area contributed by atoms with Gasteiger partial charge in [0.15, 0.2) is 11.5 Å². The van der Waals surface area contributed by atoms with Gasteiger partial charge in [-0.3, -0.25) is 14.4 Å². The molecule has 0 aliphatic heterocycles. The summed E-state index contributed by atoms with van der Waals surface area (Å²) < 4.78 is 10.7. The fourth-order valence-corrected chi connectivity index (χ4v) is 5.05. The predicted octanol–water partition coefficient (Wildman–Crippen LogP) is 6.33. The monoisotopic (exact) mass is 594 g/mol. The molecular formula is C36H38N2O6. The Morgan fingerprint density at radius 1 is 0.795 bits per heavy atom. The third kappa shape index (κ3) is 7.83. The van der Waals surface area contributed by atoms with Gasteiger partial charge in [-0.05, 0) is 66.8 Å². The first-order chi connectivity index (χ1) is 21.2. The van der Waals surface area contributed by atoms with Gasteiger partial charge >= 0.3 is 5.97 Å². The summed E-state index contributed by atoms with van der Waals surface area (Å²) in [7, 11) is 3.12. The van der Waals surface area contributed by atoms with Gasteiger partial charge in [0.2, 0.25) is 0 Å². The summed E-state index contributed by atoms with van der Waals surface area (Å²) in [6.45, 7) is 4.26. The van der Waals surface area contributed by atoms with Gasteiger partial charge in [0.25, 0.3) is 11.8 Å². The van der Waals surface area contributed by atoms with Crippen molar-refractivity contribution < 1.29 is 29.0 Å². The molecule has 0 bridgehead atoms. The number of nitrogens with one attached hydrogen (secondary N) is 1. The van der Waals surface area contributed by atoms with Crippen LogP contribution in [0.1, 0.15) is 56.8 Å². The zero-order valence-electron chi connectivity index (χ0n) is 25.5. The van der Waals surface area contributed by atoms with Crippen LogP contribution in [0.2, 0.25) is 0 Å².